The average Bonchev–Trinajstić information content (AvgIpc) is 3.39. The van der Waals surface area contributed by atoms with Crippen LogP contribution in [0.1, 0.15) is 116 Å². The third-order valence-electron chi connectivity index (χ3n) is 11.2. The van der Waals surface area contributed by atoms with E-state index in [1.54, 1.807) is 48.5 Å². The molecule has 0 unspecified atom stereocenters. The van der Waals surface area contributed by atoms with Gasteiger partial charge in [-0.3, -0.25) is 0 Å². The number of ether oxygens (including phenoxy) is 6. The van der Waals surface area contributed by atoms with Gasteiger partial charge in [0.25, 0.3) is 0 Å². The minimum atomic E-state index is -0.503. The van der Waals surface area contributed by atoms with E-state index in [-0.39, 0.29) is 0 Å². The maximum absolute atomic E-state index is 11.3. The highest BCUT2D eigenvalue weighted by atomic mass is 16.5. The number of azo groups is 2. The maximum Gasteiger partial charge on any atom is 0.335 e. The molecule has 0 saturated heterocycles. The van der Waals surface area contributed by atoms with Gasteiger partial charge in [-0.2, -0.15) is 20.5 Å². The minimum absolute atomic E-state index is 0.429. The van der Waals surface area contributed by atoms with Gasteiger partial charge in [-0.15, -0.1) is 0 Å². The van der Waals surface area contributed by atoms with E-state index < -0.39 is 11.9 Å². The second kappa shape index (κ2) is 33.4. The molecule has 70 heavy (non-hydrogen) atoms. The summed E-state index contributed by atoms with van der Waals surface area (Å²) in [4.78, 5) is 22.6. The summed E-state index contributed by atoms with van der Waals surface area (Å²) in [5.41, 5.74) is 2.77. The van der Waals surface area contributed by atoms with Crippen LogP contribution >= 0.6 is 0 Å². The molecule has 0 atom stereocenters. The van der Waals surface area contributed by atoms with Gasteiger partial charge in [-0.25, -0.2) is 9.59 Å². The number of unbranched alkanes of at least 4 members (excludes halogenated alkanes) is 16. The Kier molecular flexibility index (Phi) is 25.7. The van der Waals surface area contributed by atoms with Crippen molar-refractivity contribution in [2.24, 2.45) is 20.5 Å². The topological polar surface area (TPSA) is 139 Å². The molecule has 12 nitrogen and oxygen atoms in total. The fourth-order valence-corrected chi connectivity index (χ4v) is 7.24. The number of hydrogen-bond donors (Lipinski definition) is 0. The van der Waals surface area contributed by atoms with Crippen molar-refractivity contribution in [1.29, 1.82) is 0 Å². The highest BCUT2D eigenvalue weighted by Gasteiger charge is 2.06. The number of para-hydroxylation sites is 2. The van der Waals surface area contributed by atoms with Crippen LogP contribution in [-0.2, 0) is 9.59 Å². The highest BCUT2D eigenvalue weighted by Crippen LogP contribution is 2.28. The highest BCUT2D eigenvalue weighted by molar-refractivity contribution is 5.83. The molecular formula is C58H70N4O8. The lowest BCUT2D eigenvalue weighted by molar-refractivity contribution is -0.129. The van der Waals surface area contributed by atoms with Gasteiger partial charge in [0.1, 0.15) is 23.0 Å². The monoisotopic (exact) mass is 951 g/mol. The van der Waals surface area contributed by atoms with Gasteiger partial charge < -0.3 is 28.4 Å². The maximum atomic E-state index is 11.3. The van der Waals surface area contributed by atoms with Crippen LogP contribution in [0.3, 0.4) is 0 Å². The first-order valence-corrected chi connectivity index (χ1v) is 25.0. The zero-order chi connectivity index (χ0) is 49.1. The molecule has 0 N–H and O–H groups in total. The van der Waals surface area contributed by atoms with Gasteiger partial charge in [0.15, 0.2) is 11.5 Å². The summed E-state index contributed by atoms with van der Waals surface area (Å²) in [5.74, 6) is 3.20. The normalized spacial score (nSPS) is 11.1. The van der Waals surface area contributed by atoms with E-state index >= 15 is 0 Å². The van der Waals surface area contributed by atoms with Gasteiger partial charge in [-0.05, 0) is 135 Å². The molecule has 5 aromatic carbocycles. The standard InChI is InChI=1S/C58H70N4O8/c1-3-57(63)69-53-39-31-49(32-40-53)61-59-47-27-35-51(36-28-47)65-43-21-15-11-7-5-9-13-17-23-45-67-55-25-19-20-26-56(55)68-46-24-18-14-10-6-8-12-16-22-44-66-52-37-29-48(30-38-52)60-62-50-33-41-54(42-34-50)70-58(64)4-2/h3-4,19-20,25-42H,1-2,5-18,21-24,43-46H2. The summed E-state index contributed by atoms with van der Waals surface area (Å²) in [6.07, 6.45) is 23.6. The summed E-state index contributed by atoms with van der Waals surface area (Å²) in [6, 6.07) is 36.8. The van der Waals surface area contributed by atoms with E-state index in [1.807, 2.05) is 72.8 Å². The number of esters is 2. The van der Waals surface area contributed by atoms with Crippen LogP contribution in [0.15, 0.2) is 167 Å². The molecule has 0 aliphatic carbocycles. The largest absolute Gasteiger partial charge is 0.494 e. The van der Waals surface area contributed by atoms with Gasteiger partial charge in [0.2, 0.25) is 0 Å². The Morgan fingerprint density at radius 3 is 0.843 bits per heavy atom. The smallest absolute Gasteiger partial charge is 0.335 e. The van der Waals surface area contributed by atoms with Crippen molar-refractivity contribution in [1.82, 2.24) is 0 Å². The van der Waals surface area contributed by atoms with E-state index in [4.69, 9.17) is 28.4 Å². The van der Waals surface area contributed by atoms with Crippen LogP contribution in [0.25, 0.3) is 0 Å². The Bertz CT molecular complexity index is 2150. The molecule has 0 bridgehead atoms. The number of rotatable bonds is 36. The van der Waals surface area contributed by atoms with Crippen molar-refractivity contribution in [3.63, 3.8) is 0 Å². The molecule has 0 amide bonds. The third kappa shape index (κ3) is 22.8. The van der Waals surface area contributed by atoms with Crippen LogP contribution in [-0.4, -0.2) is 38.4 Å². The van der Waals surface area contributed by atoms with Crippen LogP contribution in [0, 0.1) is 0 Å². The summed E-state index contributed by atoms with van der Waals surface area (Å²) in [7, 11) is 0. The summed E-state index contributed by atoms with van der Waals surface area (Å²) >= 11 is 0. The van der Waals surface area contributed by atoms with Crippen LogP contribution in [0.2, 0.25) is 0 Å². The molecule has 0 fully saturated rings. The lowest BCUT2D eigenvalue weighted by atomic mass is 10.1. The molecule has 370 valence electrons. The zero-order valence-electron chi connectivity index (χ0n) is 40.7. The molecule has 5 aromatic rings. The van der Waals surface area contributed by atoms with Crippen molar-refractivity contribution >= 4 is 34.7 Å². The van der Waals surface area contributed by atoms with E-state index in [2.05, 4.69) is 33.6 Å². The lowest BCUT2D eigenvalue weighted by Gasteiger charge is -2.12. The summed E-state index contributed by atoms with van der Waals surface area (Å²) < 4.78 is 34.3. The van der Waals surface area contributed by atoms with Gasteiger partial charge >= 0.3 is 11.9 Å². The van der Waals surface area contributed by atoms with E-state index in [1.165, 1.54) is 89.9 Å². The van der Waals surface area contributed by atoms with Crippen molar-refractivity contribution in [3.05, 3.63) is 147 Å². The number of hydrogen-bond acceptors (Lipinski definition) is 12. The number of nitrogens with zero attached hydrogens (tertiary/aromatic N) is 4. The Morgan fingerprint density at radius 1 is 0.329 bits per heavy atom. The first-order valence-electron chi connectivity index (χ1n) is 25.0. The molecule has 0 heterocycles. The van der Waals surface area contributed by atoms with Crippen molar-refractivity contribution < 1.29 is 38.0 Å². The summed E-state index contributed by atoms with van der Waals surface area (Å²) in [5, 5.41) is 17.0. The first kappa shape index (κ1) is 53.9. The van der Waals surface area contributed by atoms with Crippen LogP contribution in [0.4, 0.5) is 22.7 Å². The SMILES string of the molecule is C=CC(=O)Oc1ccc(N=Nc2ccc(OCCCCCCCCCCCOc3ccccc3OCCCCCCCCCCCOc3ccc(N=Nc4ccc(OC(=O)C=C)cc4)cc3)cc2)cc1. The Hall–Kier alpha value is -7.08. The van der Waals surface area contributed by atoms with Gasteiger partial charge in [-0.1, -0.05) is 115 Å². The average molecular weight is 951 g/mol. The third-order valence-corrected chi connectivity index (χ3v) is 11.2. The quantitative estimate of drug-likeness (QED) is 0.0127. The molecule has 0 aliphatic rings. The van der Waals surface area contributed by atoms with E-state index in [0.29, 0.717) is 49.3 Å². The Morgan fingerprint density at radius 2 is 0.571 bits per heavy atom. The lowest BCUT2D eigenvalue weighted by Crippen LogP contribution is -2.02. The zero-order valence-corrected chi connectivity index (χ0v) is 40.7. The predicted octanol–water partition coefficient (Wildman–Crippen LogP) is 16.6. The van der Waals surface area contributed by atoms with Crippen molar-refractivity contribution in [3.8, 4) is 34.5 Å². The molecule has 0 radical (unpaired) electrons. The fourth-order valence-electron chi connectivity index (χ4n) is 7.24. The van der Waals surface area contributed by atoms with E-state index in [9.17, 15) is 9.59 Å². The number of carbonyl (C=O) groups is 2. The second-order valence-electron chi connectivity index (χ2n) is 16.8. The predicted molar refractivity (Wildman–Crippen MR) is 277 cm³/mol. The van der Waals surface area contributed by atoms with Crippen LogP contribution < -0.4 is 28.4 Å². The molecule has 0 aliphatic heterocycles. The van der Waals surface area contributed by atoms with Crippen molar-refractivity contribution in [2.75, 3.05) is 26.4 Å². The molecule has 0 spiro atoms. The molecular weight excluding hydrogens is 881 g/mol. The molecule has 12 heteroatoms. The summed E-state index contributed by atoms with van der Waals surface area (Å²) in [6.45, 7) is 9.63. The van der Waals surface area contributed by atoms with Gasteiger partial charge in [0, 0.05) is 12.2 Å². The Labute approximate surface area is 414 Å². The van der Waals surface area contributed by atoms with Gasteiger partial charge in [0.05, 0.1) is 49.2 Å². The fraction of sp³-hybridized carbons (Fsp3) is 0.379. The first-order chi connectivity index (χ1) is 34.5. The number of benzene rings is 5. The minimum Gasteiger partial charge on any atom is -0.494 e. The van der Waals surface area contributed by atoms with Crippen LogP contribution in [0.5, 0.6) is 34.5 Å². The van der Waals surface area contributed by atoms with Crippen molar-refractivity contribution in [2.45, 2.75) is 116 Å². The molecule has 0 saturated carbocycles. The molecule has 0 aromatic heterocycles. The second-order valence-corrected chi connectivity index (χ2v) is 16.8. The Balaban J connectivity index is 0.774. The van der Waals surface area contributed by atoms with E-state index in [0.717, 1.165) is 72.2 Å². The number of carbonyl (C=O) groups excluding carboxylic acids is 2. The molecule has 5 rings (SSSR count).